The first-order valence-electron chi connectivity index (χ1n) is 5.54. The molecule has 2 rings (SSSR count). The highest BCUT2D eigenvalue weighted by Gasteiger charge is 2.38. The Balaban J connectivity index is 2.75. The number of hydrogen-bond donors (Lipinski definition) is 1. The monoisotopic (exact) mass is 269 g/mol. The van der Waals surface area contributed by atoms with E-state index in [9.17, 15) is 13.2 Å². The van der Waals surface area contributed by atoms with Gasteiger partial charge in [0.05, 0.1) is 16.3 Å². The fourth-order valence-corrected chi connectivity index (χ4v) is 4.10. The zero-order valence-corrected chi connectivity index (χ0v) is 11.3. The van der Waals surface area contributed by atoms with Crippen molar-refractivity contribution in [3.05, 3.63) is 23.3 Å². The molecular weight excluding hydrogens is 254 g/mol. The van der Waals surface area contributed by atoms with Gasteiger partial charge in [0.2, 0.25) is 0 Å². The first kappa shape index (κ1) is 12.9. The SMILES string of the molecule is Cc1ccc2c(c1C)N(C)C(C(=O)O)CS2(=O)=O. The summed E-state index contributed by atoms with van der Waals surface area (Å²) in [6.45, 7) is 3.69. The Morgan fingerprint density at radius 2 is 2.00 bits per heavy atom. The third kappa shape index (κ3) is 1.77. The Morgan fingerprint density at radius 1 is 1.39 bits per heavy atom. The van der Waals surface area contributed by atoms with Crippen LogP contribution in [-0.4, -0.2) is 38.3 Å². The molecule has 0 amide bonds. The minimum atomic E-state index is -3.53. The number of hydrogen-bond acceptors (Lipinski definition) is 4. The fraction of sp³-hybridized carbons (Fsp3) is 0.417. The number of anilines is 1. The second-order valence-electron chi connectivity index (χ2n) is 4.60. The van der Waals surface area contributed by atoms with Crippen molar-refractivity contribution >= 4 is 21.5 Å². The van der Waals surface area contributed by atoms with Gasteiger partial charge in [0.15, 0.2) is 9.84 Å². The van der Waals surface area contributed by atoms with Crippen molar-refractivity contribution in [2.24, 2.45) is 0 Å². The second kappa shape index (κ2) is 3.98. The number of nitrogens with zero attached hydrogens (tertiary/aromatic N) is 1. The summed E-state index contributed by atoms with van der Waals surface area (Å²) in [5.74, 6) is -1.50. The van der Waals surface area contributed by atoms with Crippen LogP contribution in [0.2, 0.25) is 0 Å². The molecule has 1 aromatic carbocycles. The van der Waals surface area contributed by atoms with Crippen molar-refractivity contribution in [1.82, 2.24) is 0 Å². The Bertz CT molecular complexity index is 621. The average molecular weight is 269 g/mol. The summed E-state index contributed by atoms with van der Waals surface area (Å²) in [4.78, 5) is 12.9. The summed E-state index contributed by atoms with van der Waals surface area (Å²) < 4.78 is 24.2. The van der Waals surface area contributed by atoms with Crippen molar-refractivity contribution < 1.29 is 18.3 Å². The van der Waals surface area contributed by atoms with Crippen LogP contribution in [0.4, 0.5) is 5.69 Å². The molecule has 0 bridgehead atoms. The average Bonchev–Trinajstić information content (AvgIpc) is 2.27. The Hall–Kier alpha value is -1.56. The van der Waals surface area contributed by atoms with Crippen molar-refractivity contribution in [2.45, 2.75) is 24.8 Å². The number of aryl methyl sites for hydroxylation is 1. The van der Waals surface area contributed by atoms with E-state index < -0.39 is 21.8 Å². The molecule has 98 valence electrons. The molecule has 1 aromatic rings. The summed E-state index contributed by atoms with van der Waals surface area (Å²) in [6.07, 6.45) is 0. The van der Waals surface area contributed by atoms with Gasteiger partial charge in [-0.15, -0.1) is 0 Å². The van der Waals surface area contributed by atoms with E-state index in [1.165, 1.54) is 0 Å². The highest BCUT2D eigenvalue weighted by Crippen LogP contribution is 2.36. The largest absolute Gasteiger partial charge is 0.480 e. The van der Waals surface area contributed by atoms with Crippen LogP contribution in [-0.2, 0) is 14.6 Å². The molecular formula is C12H15NO4S. The van der Waals surface area contributed by atoms with E-state index in [1.54, 1.807) is 24.1 Å². The van der Waals surface area contributed by atoms with Gasteiger partial charge >= 0.3 is 5.97 Å². The Kier molecular flexibility index (Phi) is 2.85. The van der Waals surface area contributed by atoms with Gasteiger partial charge in [-0.25, -0.2) is 13.2 Å². The van der Waals surface area contributed by atoms with E-state index in [0.717, 1.165) is 11.1 Å². The third-order valence-electron chi connectivity index (χ3n) is 3.48. The van der Waals surface area contributed by atoms with Gasteiger partial charge < -0.3 is 10.0 Å². The number of carbonyl (C=O) groups is 1. The molecule has 0 spiro atoms. The quantitative estimate of drug-likeness (QED) is 0.822. The molecule has 1 aliphatic heterocycles. The third-order valence-corrected chi connectivity index (χ3v) is 5.24. The smallest absolute Gasteiger partial charge is 0.327 e. The van der Waals surface area contributed by atoms with Gasteiger partial charge in [-0.2, -0.15) is 0 Å². The zero-order chi connectivity index (χ0) is 13.7. The van der Waals surface area contributed by atoms with Gasteiger partial charge in [0, 0.05) is 7.05 Å². The van der Waals surface area contributed by atoms with Gasteiger partial charge in [0.25, 0.3) is 0 Å². The number of carboxylic acid groups (broad SMARTS) is 1. The fourth-order valence-electron chi connectivity index (χ4n) is 2.27. The van der Waals surface area contributed by atoms with E-state index >= 15 is 0 Å². The maximum Gasteiger partial charge on any atom is 0.327 e. The van der Waals surface area contributed by atoms with E-state index in [4.69, 9.17) is 5.11 Å². The minimum absolute atomic E-state index is 0.227. The minimum Gasteiger partial charge on any atom is -0.480 e. The van der Waals surface area contributed by atoms with Gasteiger partial charge in [-0.05, 0) is 31.0 Å². The lowest BCUT2D eigenvalue weighted by Crippen LogP contribution is -2.47. The van der Waals surface area contributed by atoms with Gasteiger partial charge in [-0.3, -0.25) is 0 Å². The predicted molar refractivity (Wildman–Crippen MR) is 67.8 cm³/mol. The molecule has 5 nitrogen and oxygen atoms in total. The number of sulfone groups is 1. The molecule has 0 saturated carbocycles. The molecule has 0 radical (unpaired) electrons. The lowest BCUT2D eigenvalue weighted by Gasteiger charge is -2.34. The molecule has 0 fully saturated rings. The van der Waals surface area contributed by atoms with E-state index in [-0.39, 0.29) is 10.6 Å². The summed E-state index contributed by atoms with van der Waals surface area (Å²) in [5, 5.41) is 9.12. The van der Waals surface area contributed by atoms with Gasteiger partial charge in [0.1, 0.15) is 6.04 Å². The molecule has 1 atom stereocenters. The lowest BCUT2D eigenvalue weighted by atomic mass is 10.1. The molecule has 1 N–H and O–H groups in total. The van der Waals surface area contributed by atoms with Crippen molar-refractivity contribution in [1.29, 1.82) is 0 Å². The maximum absolute atomic E-state index is 12.1. The molecule has 18 heavy (non-hydrogen) atoms. The normalized spacial score (nSPS) is 21.5. The van der Waals surface area contributed by atoms with Crippen LogP contribution in [0.15, 0.2) is 17.0 Å². The molecule has 1 heterocycles. The van der Waals surface area contributed by atoms with E-state index in [0.29, 0.717) is 5.69 Å². The summed E-state index contributed by atoms with van der Waals surface area (Å²) in [5.41, 5.74) is 2.26. The molecule has 0 aliphatic carbocycles. The van der Waals surface area contributed by atoms with E-state index in [2.05, 4.69) is 0 Å². The van der Waals surface area contributed by atoms with Crippen LogP contribution in [0.25, 0.3) is 0 Å². The number of aliphatic carboxylic acids is 1. The topological polar surface area (TPSA) is 74.7 Å². The van der Waals surface area contributed by atoms with Crippen LogP contribution < -0.4 is 4.90 Å². The standard InChI is InChI=1S/C12H15NO4S/c1-7-4-5-10-11(8(7)2)13(3)9(12(14)15)6-18(10,16)17/h4-5,9H,6H2,1-3H3,(H,14,15). The lowest BCUT2D eigenvalue weighted by molar-refractivity contribution is -0.138. The van der Waals surface area contributed by atoms with Crippen molar-refractivity contribution in [2.75, 3.05) is 17.7 Å². The first-order chi connectivity index (χ1) is 8.25. The highest BCUT2D eigenvalue weighted by molar-refractivity contribution is 7.91. The number of benzene rings is 1. The van der Waals surface area contributed by atoms with Crippen LogP contribution in [0.3, 0.4) is 0 Å². The Labute approximate surface area is 106 Å². The summed E-state index contributed by atoms with van der Waals surface area (Å²) in [6, 6.07) is 2.28. The van der Waals surface area contributed by atoms with Crippen LogP contribution in [0, 0.1) is 13.8 Å². The molecule has 0 saturated heterocycles. The molecule has 6 heteroatoms. The predicted octanol–water partition coefficient (Wildman–Crippen LogP) is 0.980. The van der Waals surface area contributed by atoms with Crippen LogP contribution in [0.1, 0.15) is 11.1 Å². The first-order valence-corrected chi connectivity index (χ1v) is 7.19. The number of carboxylic acids is 1. The Morgan fingerprint density at radius 3 is 2.56 bits per heavy atom. The summed E-state index contributed by atoms with van der Waals surface area (Å²) >= 11 is 0. The van der Waals surface area contributed by atoms with Gasteiger partial charge in [-0.1, -0.05) is 6.07 Å². The van der Waals surface area contributed by atoms with E-state index in [1.807, 2.05) is 13.8 Å². The summed E-state index contributed by atoms with van der Waals surface area (Å²) in [7, 11) is -1.91. The number of rotatable bonds is 1. The molecule has 0 aromatic heterocycles. The number of likely N-dealkylation sites (N-methyl/N-ethyl adjacent to an activating group) is 1. The molecule has 1 aliphatic rings. The van der Waals surface area contributed by atoms with Crippen molar-refractivity contribution in [3.8, 4) is 0 Å². The maximum atomic E-state index is 12.1. The second-order valence-corrected chi connectivity index (χ2v) is 6.60. The molecule has 1 unspecified atom stereocenters. The number of fused-ring (bicyclic) bond motifs is 1. The van der Waals surface area contributed by atoms with Crippen LogP contribution in [0.5, 0.6) is 0 Å². The van der Waals surface area contributed by atoms with Crippen LogP contribution >= 0.6 is 0 Å². The van der Waals surface area contributed by atoms with Crippen molar-refractivity contribution in [3.63, 3.8) is 0 Å². The zero-order valence-electron chi connectivity index (χ0n) is 10.5. The highest BCUT2D eigenvalue weighted by atomic mass is 32.2.